The molecular weight excluding hydrogens is 526 g/mol. The number of hydrogen-bond acceptors (Lipinski definition) is 6. The molecule has 35 heavy (non-hydrogen) atoms. The summed E-state index contributed by atoms with van der Waals surface area (Å²) in [4.78, 5) is 15.5. The maximum absolute atomic E-state index is 12.9. The molecule has 0 spiro atoms. The zero-order valence-electron chi connectivity index (χ0n) is 18.9. The van der Waals surface area contributed by atoms with Crippen LogP contribution in [0, 0.1) is 0 Å². The Labute approximate surface area is 219 Å². The van der Waals surface area contributed by atoms with Gasteiger partial charge in [0.05, 0.1) is 17.6 Å². The molecule has 0 amide bonds. The molecule has 184 valence electrons. The minimum absolute atomic E-state index is 0.211. The molecule has 1 fully saturated rings. The summed E-state index contributed by atoms with van der Waals surface area (Å²) in [6.45, 7) is 1.43. The first kappa shape index (κ1) is 25.6. The number of carbonyl (C=O) groups is 1. The summed E-state index contributed by atoms with van der Waals surface area (Å²) in [7, 11) is -2.26. The highest BCUT2D eigenvalue weighted by atomic mass is 35.5. The molecule has 0 radical (unpaired) electrons. The highest BCUT2D eigenvalue weighted by Gasteiger charge is 2.30. The number of benzene rings is 2. The third-order valence-electron chi connectivity index (χ3n) is 5.61. The topological polar surface area (TPSA) is 79.0 Å². The van der Waals surface area contributed by atoms with E-state index in [1.165, 1.54) is 34.9 Å². The van der Waals surface area contributed by atoms with Crippen LogP contribution >= 0.6 is 35.2 Å². The summed E-state index contributed by atoms with van der Waals surface area (Å²) in [5.74, 6) is -0.440. The first-order valence-electron chi connectivity index (χ1n) is 10.8. The molecule has 0 bridgehead atoms. The molecule has 2 heterocycles. The number of nitrogens with one attached hydrogen (secondary N) is 1. The summed E-state index contributed by atoms with van der Waals surface area (Å²) in [5, 5.41) is 4.72. The van der Waals surface area contributed by atoms with E-state index in [2.05, 4.69) is 5.32 Å². The molecule has 0 aliphatic carbocycles. The lowest BCUT2D eigenvalue weighted by molar-refractivity contribution is 0.0602. The molecule has 0 atom stereocenters. The Morgan fingerprint density at radius 3 is 2.37 bits per heavy atom. The standard InChI is InChI=1S/C24H24ClN3O4S3/c1-32-23(29)21-16-19(15-17-5-3-2-4-6-17)34-22(21)26-24(33)27-11-13-28(14-12-27)35(30,31)20-9-7-18(25)8-10-20/h2-10,16H,11-15H2,1H3,(H,26,33). The molecule has 2 aromatic carbocycles. The zero-order chi connectivity index (χ0) is 25.0. The molecule has 4 rings (SSSR count). The number of halogens is 1. The van der Waals surface area contributed by atoms with Crippen molar-refractivity contribution in [1.29, 1.82) is 0 Å². The van der Waals surface area contributed by atoms with Crippen molar-refractivity contribution < 1.29 is 17.9 Å². The lowest BCUT2D eigenvalue weighted by Crippen LogP contribution is -2.51. The van der Waals surface area contributed by atoms with Crippen LogP contribution in [0.3, 0.4) is 0 Å². The molecule has 0 saturated carbocycles. The molecule has 3 aromatic rings. The van der Waals surface area contributed by atoms with Crippen LogP contribution in [0.1, 0.15) is 20.8 Å². The number of thiocarbonyl (C=S) groups is 1. The van der Waals surface area contributed by atoms with E-state index in [1.54, 1.807) is 12.1 Å². The monoisotopic (exact) mass is 549 g/mol. The van der Waals surface area contributed by atoms with Crippen molar-refractivity contribution in [2.45, 2.75) is 11.3 Å². The number of sulfonamides is 1. The van der Waals surface area contributed by atoms with Crippen LogP contribution in [0.25, 0.3) is 0 Å². The summed E-state index contributed by atoms with van der Waals surface area (Å²) < 4.78 is 32.3. The minimum Gasteiger partial charge on any atom is -0.465 e. The summed E-state index contributed by atoms with van der Waals surface area (Å²) in [6.07, 6.45) is 0.686. The number of methoxy groups -OCH3 is 1. The van der Waals surface area contributed by atoms with Gasteiger partial charge in [0.15, 0.2) is 5.11 Å². The van der Waals surface area contributed by atoms with Gasteiger partial charge in [-0.3, -0.25) is 0 Å². The van der Waals surface area contributed by atoms with Crippen LogP contribution in [-0.4, -0.2) is 62.0 Å². The third kappa shape index (κ3) is 6.02. The highest BCUT2D eigenvalue weighted by Crippen LogP contribution is 2.31. The van der Waals surface area contributed by atoms with Crippen molar-refractivity contribution in [1.82, 2.24) is 9.21 Å². The Bertz CT molecular complexity index is 1300. The SMILES string of the molecule is COC(=O)c1cc(Cc2ccccc2)sc1NC(=S)N1CCN(S(=O)(=O)c2ccc(Cl)cc2)CC1. The number of ether oxygens (including phenoxy) is 1. The Balaban J connectivity index is 1.42. The van der Waals surface area contributed by atoms with Gasteiger partial charge >= 0.3 is 5.97 Å². The van der Waals surface area contributed by atoms with Crippen molar-refractivity contribution in [2.75, 3.05) is 38.6 Å². The Hall–Kier alpha value is -2.50. The third-order valence-corrected chi connectivity index (χ3v) is 9.18. The fourth-order valence-electron chi connectivity index (χ4n) is 3.74. The van der Waals surface area contributed by atoms with Gasteiger partial charge in [0.1, 0.15) is 5.00 Å². The van der Waals surface area contributed by atoms with Crippen molar-refractivity contribution in [3.63, 3.8) is 0 Å². The number of rotatable bonds is 6. The number of carbonyl (C=O) groups excluding carboxylic acids is 1. The van der Waals surface area contributed by atoms with E-state index in [1.807, 2.05) is 41.3 Å². The molecule has 7 nitrogen and oxygen atoms in total. The molecule has 0 unspecified atom stereocenters. The number of hydrogen-bond donors (Lipinski definition) is 1. The van der Waals surface area contributed by atoms with Gasteiger partial charge in [-0.05, 0) is 48.1 Å². The van der Waals surface area contributed by atoms with Crippen LogP contribution < -0.4 is 5.32 Å². The van der Waals surface area contributed by atoms with Crippen LogP contribution in [0.5, 0.6) is 0 Å². The van der Waals surface area contributed by atoms with E-state index in [0.29, 0.717) is 53.3 Å². The van der Waals surface area contributed by atoms with Crippen LogP contribution in [-0.2, 0) is 21.2 Å². The fraction of sp³-hybridized carbons (Fsp3) is 0.250. The summed E-state index contributed by atoms with van der Waals surface area (Å²) in [6, 6.07) is 18.0. The van der Waals surface area contributed by atoms with Crippen molar-refractivity contribution >= 4 is 61.3 Å². The van der Waals surface area contributed by atoms with E-state index in [0.717, 1.165) is 10.4 Å². The molecule has 11 heteroatoms. The number of anilines is 1. The van der Waals surface area contributed by atoms with Gasteiger partial charge in [-0.2, -0.15) is 4.31 Å². The van der Waals surface area contributed by atoms with Crippen molar-refractivity contribution in [3.05, 3.63) is 81.7 Å². The Morgan fingerprint density at radius 1 is 1.09 bits per heavy atom. The van der Waals surface area contributed by atoms with Crippen molar-refractivity contribution in [3.8, 4) is 0 Å². The van der Waals surface area contributed by atoms with Crippen LogP contribution in [0.4, 0.5) is 5.00 Å². The van der Waals surface area contributed by atoms with Crippen LogP contribution in [0.2, 0.25) is 5.02 Å². The second-order valence-corrected chi connectivity index (χ2v) is 11.8. The second kappa shape index (κ2) is 11.0. The van der Waals surface area contributed by atoms with E-state index >= 15 is 0 Å². The minimum atomic E-state index is -3.61. The fourth-order valence-corrected chi connectivity index (χ4v) is 6.72. The first-order chi connectivity index (χ1) is 16.8. The molecule has 1 aromatic heterocycles. The van der Waals surface area contributed by atoms with Gasteiger partial charge in [-0.25, -0.2) is 13.2 Å². The maximum Gasteiger partial charge on any atom is 0.340 e. The van der Waals surface area contributed by atoms with Gasteiger partial charge in [0, 0.05) is 42.5 Å². The number of thiophene rings is 1. The van der Waals surface area contributed by atoms with Crippen molar-refractivity contribution in [2.24, 2.45) is 0 Å². The smallest absolute Gasteiger partial charge is 0.340 e. The predicted octanol–water partition coefficient (Wildman–Crippen LogP) is 4.48. The average molecular weight is 550 g/mol. The number of esters is 1. The Morgan fingerprint density at radius 2 is 1.74 bits per heavy atom. The maximum atomic E-state index is 12.9. The summed E-state index contributed by atoms with van der Waals surface area (Å²) >= 11 is 12.9. The molecule has 1 aliphatic heterocycles. The van der Waals surface area contributed by atoms with Gasteiger partial charge in [-0.15, -0.1) is 11.3 Å². The summed E-state index contributed by atoms with van der Waals surface area (Å²) in [5.41, 5.74) is 1.56. The van der Waals surface area contributed by atoms with E-state index < -0.39 is 16.0 Å². The highest BCUT2D eigenvalue weighted by molar-refractivity contribution is 7.89. The van der Waals surface area contributed by atoms with Gasteiger partial charge in [0.25, 0.3) is 0 Å². The number of piperazine rings is 1. The van der Waals surface area contributed by atoms with Gasteiger partial charge in [-0.1, -0.05) is 41.9 Å². The zero-order valence-corrected chi connectivity index (χ0v) is 22.1. The van der Waals surface area contributed by atoms with E-state index in [-0.39, 0.29) is 4.90 Å². The lowest BCUT2D eigenvalue weighted by atomic mass is 10.1. The molecule has 1 N–H and O–H groups in total. The predicted molar refractivity (Wildman–Crippen MR) is 143 cm³/mol. The van der Waals surface area contributed by atoms with E-state index in [9.17, 15) is 13.2 Å². The molecule has 1 aliphatic rings. The largest absolute Gasteiger partial charge is 0.465 e. The number of nitrogens with zero attached hydrogens (tertiary/aromatic N) is 2. The van der Waals surface area contributed by atoms with Gasteiger partial charge < -0.3 is 15.0 Å². The average Bonchev–Trinajstić information content (AvgIpc) is 3.26. The second-order valence-electron chi connectivity index (χ2n) is 7.88. The van der Waals surface area contributed by atoms with Gasteiger partial charge in [0.2, 0.25) is 10.0 Å². The first-order valence-corrected chi connectivity index (χ1v) is 13.9. The van der Waals surface area contributed by atoms with E-state index in [4.69, 9.17) is 28.6 Å². The lowest BCUT2D eigenvalue weighted by Gasteiger charge is -2.35. The Kier molecular flexibility index (Phi) is 8.08. The van der Waals surface area contributed by atoms with Crippen LogP contribution in [0.15, 0.2) is 65.6 Å². The molecular formula is C24H24ClN3O4S3. The molecule has 1 saturated heterocycles. The normalized spacial score (nSPS) is 14.5. The quantitative estimate of drug-likeness (QED) is 0.359.